The largest absolute Gasteiger partial charge is 0.349 e. The Labute approximate surface area is 118 Å². The van der Waals surface area contributed by atoms with Crippen molar-refractivity contribution in [3.8, 4) is 0 Å². The van der Waals surface area contributed by atoms with Crippen LogP contribution in [0.1, 0.15) is 24.2 Å². The van der Waals surface area contributed by atoms with Crippen molar-refractivity contribution in [3.05, 3.63) is 39.4 Å². The highest BCUT2D eigenvalue weighted by Crippen LogP contribution is 2.22. The van der Waals surface area contributed by atoms with Crippen LogP contribution in [0, 0.1) is 21.7 Å². The van der Waals surface area contributed by atoms with Gasteiger partial charge in [0.15, 0.2) is 0 Å². The summed E-state index contributed by atoms with van der Waals surface area (Å²) in [6.07, 6.45) is 0. The summed E-state index contributed by atoms with van der Waals surface area (Å²) in [5.74, 6) is -1.75. The van der Waals surface area contributed by atoms with Gasteiger partial charge in [0.2, 0.25) is 5.82 Å². The first-order chi connectivity index (χ1) is 9.36. The van der Waals surface area contributed by atoms with Crippen molar-refractivity contribution in [1.29, 1.82) is 0 Å². The number of benzene rings is 1. The summed E-state index contributed by atoms with van der Waals surface area (Å²) in [6, 6.07) is 0.842. The molecule has 0 aliphatic heterocycles. The van der Waals surface area contributed by atoms with Crippen molar-refractivity contribution < 1.29 is 18.5 Å². The molecule has 8 heteroatoms. The van der Waals surface area contributed by atoms with Gasteiger partial charge in [-0.3, -0.25) is 14.9 Å². The summed E-state index contributed by atoms with van der Waals surface area (Å²) in [5.41, 5.74) is -1.71. The monoisotopic (exact) mass is 304 g/mol. The van der Waals surface area contributed by atoms with Crippen molar-refractivity contribution in [2.24, 2.45) is 0 Å². The summed E-state index contributed by atoms with van der Waals surface area (Å²) in [4.78, 5) is 21.3. The lowest BCUT2D eigenvalue weighted by atomic mass is 10.1. The van der Waals surface area contributed by atoms with Crippen LogP contribution in [-0.2, 0) is 0 Å². The van der Waals surface area contributed by atoms with Gasteiger partial charge < -0.3 is 5.32 Å². The third-order valence-corrected chi connectivity index (χ3v) is 3.55. The van der Waals surface area contributed by atoms with E-state index in [0.717, 1.165) is 5.75 Å². The standard InChI is InChI=1S/C12H14F2N2O3S/c1-3-20-6-7(2)15-12(17)9-4-8(13)5-10(11(9)14)16(18)19/h4-5,7H,3,6H2,1-2H3,(H,15,17). The topological polar surface area (TPSA) is 72.2 Å². The predicted octanol–water partition coefficient (Wildman–Crippen LogP) is 2.74. The van der Waals surface area contributed by atoms with Crippen LogP contribution >= 0.6 is 11.8 Å². The molecule has 0 aliphatic carbocycles. The number of rotatable bonds is 6. The van der Waals surface area contributed by atoms with Crippen LogP contribution in [0.4, 0.5) is 14.5 Å². The lowest BCUT2D eigenvalue weighted by Crippen LogP contribution is -2.35. The van der Waals surface area contributed by atoms with E-state index in [1.165, 1.54) is 0 Å². The van der Waals surface area contributed by atoms with Gasteiger partial charge in [0.05, 0.1) is 16.6 Å². The van der Waals surface area contributed by atoms with Crippen molar-refractivity contribution in [2.75, 3.05) is 11.5 Å². The Balaban J connectivity index is 2.96. The van der Waals surface area contributed by atoms with Crippen molar-refractivity contribution in [1.82, 2.24) is 5.32 Å². The Morgan fingerprint density at radius 3 is 2.70 bits per heavy atom. The maximum atomic E-state index is 13.8. The molecule has 110 valence electrons. The second-order valence-corrected chi connectivity index (χ2v) is 5.40. The third kappa shape index (κ3) is 4.16. The third-order valence-electron chi connectivity index (χ3n) is 2.41. The number of hydrogen-bond acceptors (Lipinski definition) is 4. The van der Waals surface area contributed by atoms with Gasteiger partial charge in [0, 0.05) is 11.8 Å². The molecule has 0 aromatic heterocycles. The molecule has 0 bridgehead atoms. The minimum absolute atomic E-state index is 0.255. The highest BCUT2D eigenvalue weighted by atomic mass is 32.2. The van der Waals surface area contributed by atoms with Gasteiger partial charge in [0.1, 0.15) is 5.82 Å². The van der Waals surface area contributed by atoms with Crippen LogP contribution in [0.3, 0.4) is 0 Å². The van der Waals surface area contributed by atoms with E-state index in [1.807, 2.05) is 6.92 Å². The van der Waals surface area contributed by atoms with Crippen LogP contribution in [0.5, 0.6) is 0 Å². The van der Waals surface area contributed by atoms with Gasteiger partial charge in [0.25, 0.3) is 5.91 Å². The second-order valence-electron chi connectivity index (χ2n) is 4.08. The van der Waals surface area contributed by atoms with Crippen molar-refractivity contribution >= 4 is 23.4 Å². The number of nitrogens with zero attached hydrogens (tertiary/aromatic N) is 1. The minimum atomic E-state index is -1.33. The molecule has 5 nitrogen and oxygen atoms in total. The number of amides is 1. The highest BCUT2D eigenvalue weighted by molar-refractivity contribution is 7.99. The zero-order valence-electron chi connectivity index (χ0n) is 11.0. The summed E-state index contributed by atoms with van der Waals surface area (Å²) < 4.78 is 27.0. The molecular formula is C12H14F2N2O3S. The van der Waals surface area contributed by atoms with E-state index in [9.17, 15) is 23.7 Å². The number of thioether (sulfide) groups is 1. The fourth-order valence-corrected chi connectivity index (χ4v) is 2.18. The number of carbonyl (C=O) groups excluding carboxylic acids is 1. The number of halogens is 2. The average molecular weight is 304 g/mol. The van der Waals surface area contributed by atoms with E-state index in [0.29, 0.717) is 17.9 Å². The molecule has 0 radical (unpaired) electrons. The predicted molar refractivity (Wildman–Crippen MR) is 72.9 cm³/mol. The molecule has 0 fully saturated rings. The highest BCUT2D eigenvalue weighted by Gasteiger charge is 2.24. The van der Waals surface area contributed by atoms with Gasteiger partial charge in [-0.05, 0) is 18.7 Å². The Morgan fingerprint density at radius 2 is 2.15 bits per heavy atom. The first-order valence-electron chi connectivity index (χ1n) is 5.88. The molecule has 0 heterocycles. The summed E-state index contributed by atoms with van der Waals surface area (Å²) >= 11 is 1.58. The molecule has 1 rings (SSSR count). The van der Waals surface area contributed by atoms with Crippen molar-refractivity contribution in [3.63, 3.8) is 0 Å². The fourth-order valence-electron chi connectivity index (χ4n) is 1.51. The SMILES string of the molecule is CCSCC(C)NC(=O)c1cc(F)cc([N+](=O)[O-])c1F. The number of nitro groups is 1. The molecule has 0 spiro atoms. The minimum Gasteiger partial charge on any atom is -0.349 e. The molecule has 1 unspecified atom stereocenters. The van der Waals surface area contributed by atoms with Crippen LogP contribution in [0.15, 0.2) is 12.1 Å². The van der Waals surface area contributed by atoms with Gasteiger partial charge >= 0.3 is 5.69 Å². The van der Waals surface area contributed by atoms with E-state index in [2.05, 4.69) is 5.32 Å². The first-order valence-corrected chi connectivity index (χ1v) is 7.04. The fraction of sp³-hybridized carbons (Fsp3) is 0.417. The second kappa shape index (κ2) is 7.18. The molecule has 1 aromatic rings. The molecule has 20 heavy (non-hydrogen) atoms. The molecule has 1 amide bonds. The van der Waals surface area contributed by atoms with Gasteiger partial charge in [-0.25, -0.2) is 4.39 Å². The zero-order valence-corrected chi connectivity index (χ0v) is 11.8. The normalized spacial score (nSPS) is 12.0. The molecule has 1 aromatic carbocycles. The molecule has 0 aliphatic rings. The lowest BCUT2D eigenvalue weighted by molar-refractivity contribution is -0.387. The number of carbonyl (C=O) groups is 1. The first kappa shape index (κ1) is 16.4. The van der Waals surface area contributed by atoms with E-state index in [-0.39, 0.29) is 6.04 Å². The molecule has 1 atom stereocenters. The van der Waals surface area contributed by atoms with Gasteiger partial charge in [-0.2, -0.15) is 16.2 Å². The van der Waals surface area contributed by atoms with Crippen LogP contribution in [0.2, 0.25) is 0 Å². The zero-order chi connectivity index (χ0) is 15.3. The smallest absolute Gasteiger partial charge is 0.308 e. The van der Waals surface area contributed by atoms with E-state index < -0.39 is 33.7 Å². The van der Waals surface area contributed by atoms with Crippen molar-refractivity contribution in [2.45, 2.75) is 19.9 Å². The average Bonchev–Trinajstić information content (AvgIpc) is 2.38. The molecule has 1 N–H and O–H groups in total. The number of nitrogens with one attached hydrogen (secondary N) is 1. The van der Waals surface area contributed by atoms with Crippen LogP contribution < -0.4 is 5.32 Å². The summed E-state index contributed by atoms with van der Waals surface area (Å²) in [7, 11) is 0. The summed E-state index contributed by atoms with van der Waals surface area (Å²) in [6.45, 7) is 3.67. The number of hydrogen-bond donors (Lipinski definition) is 1. The van der Waals surface area contributed by atoms with E-state index in [1.54, 1.807) is 18.7 Å². The summed E-state index contributed by atoms with van der Waals surface area (Å²) in [5, 5.41) is 13.1. The molecular weight excluding hydrogens is 290 g/mol. The Morgan fingerprint density at radius 1 is 1.50 bits per heavy atom. The Kier molecular flexibility index (Phi) is 5.87. The quantitative estimate of drug-likeness (QED) is 0.648. The van der Waals surface area contributed by atoms with E-state index >= 15 is 0 Å². The Bertz CT molecular complexity index is 526. The maximum absolute atomic E-state index is 13.8. The van der Waals surface area contributed by atoms with Gasteiger partial charge in [-0.15, -0.1) is 0 Å². The molecule has 0 saturated carbocycles. The maximum Gasteiger partial charge on any atom is 0.308 e. The van der Waals surface area contributed by atoms with Gasteiger partial charge in [-0.1, -0.05) is 6.92 Å². The Hall–Kier alpha value is -1.70. The van der Waals surface area contributed by atoms with Crippen LogP contribution in [0.25, 0.3) is 0 Å². The van der Waals surface area contributed by atoms with E-state index in [4.69, 9.17) is 0 Å². The van der Waals surface area contributed by atoms with Crippen LogP contribution in [-0.4, -0.2) is 28.4 Å². The molecule has 0 saturated heterocycles. The number of nitro benzene ring substituents is 1. The lowest BCUT2D eigenvalue weighted by Gasteiger charge is -2.13.